The van der Waals surface area contributed by atoms with Gasteiger partial charge in [-0.05, 0) is 6.42 Å². The number of aromatic nitrogens is 4. The van der Waals surface area contributed by atoms with Gasteiger partial charge < -0.3 is 9.88 Å². The molecule has 16 heavy (non-hydrogen) atoms. The Morgan fingerprint density at radius 2 is 2.31 bits per heavy atom. The lowest BCUT2D eigenvalue weighted by atomic mass is 10.4. The van der Waals surface area contributed by atoms with Crippen LogP contribution in [0, 0.1) is 0 Å². The van der Waals surface area contributed by atoms with Crippen molar-refractivity contribution >= 4 is 22.8 Å². The van der Waals surface area contributed by atoms with E-state index in [2.05, 4.69) is 36.9 Å². The maximum absolute atomic E-state index is 4.56. The van der Waals surface area contributed by atoms with Crippen molar-refractivity contribution in [3.63, 3.8) is 0 Å². The van der Waals surface area contributed by atoms with Crippen molar-refractivity contribution in [1.29, 1.82) is 0 Å². The minimum atomic E-state index is 0.662. The number of hydrogen-bond acceptors (Lipinski definition) is 4. The largest absolute Gasteiger partial charge is 0.363 e. The van der Waals surface area contributed by atoms with E-state index in [1.165, 1.54) is 6.33 Å². The average Bonchev–Trinajstić information content (AvgIpc) is 2.89. The molecule has 1 N–H and O–H groups in total. The Morgan fingerprint density at radius 3 is 3.12 bits per heavy atom. The van der Waals surface area contributed by atoms with Gasteiger partial charge in [-0.2, -0.15) is 0 Å². The number of nitrogens with zero attached hydrogens (tertiary/aromatic N) is 5. The third kappa shape index (κ3) is 1.42. The second-order valence-corrected chi connectivity index (χ2v) is 3.85. The van der Waals surface area contributed by atoms with Gasteiger partial charge in [0.2, 0.25) is 0 Å². The molecule has 0 aliphatic carbocycles. The maximum atomic E-state index is 4.56. The lowest BCUT2D eigenvalue weighted by molar-refractivity contribution is 0.550. The summed E-state index contributed by atoms with van der Waals surface area (Å²) < 4.78 is 0. The third-order valence-electron chi connectivity index (χ3n) is 2.77. The number of rotatable bonds is 1. The fourth-order valence-electron chi connectivity index (χ4n) is 1.89. The fourth-order valence-corrected chi connectivity index (χ4v) is 1.89. The van der Waals surface area contributed by atoms with E-state index in [1.54, 1.807) is 6.33 Å². The standard InChI is InChI=1S/C10H12N6/c1-16-4-2-3-7(16)15-10-8-9(12-5-11-8)13-6-14-10/h5-6H,2-4H2,1H3,(H,11,12,13,14). The number of nitrogens with one attached hydrogen (secondary N) is 1. The third-order valence-corrected chi connectivity index (χ3v) is 2.77. The first-order valence-electron chi connectivity index (χ1n) is 5.27. The van der Waals surface area contributed by atoms with Crippen LogP contribution in [-0.4, -0.2) is 44.3 Å². The second kappa shape index (κ2) is 3.55. The van der Waals surface area contributed by atoms with Crippen molar-refractivity contribution in [2.24, 2.45) is 4.99 Å². The van der Waals surface area contributed by atoms with Gasteiger partial charge in [-0.25, -0.2) is 19.9 Å². The monoisotopic (exact) mass is 216 g/mol. The van der Waals surface area contributed by atoms with E-state index in [-0.39, 0.29) is 0 Å². The van der Waals surface area contributed by atoms with Gasteiger partial charge in [-0.3, -0.25) is 0 Å². The van der Waals surface area contributed by atoms with Gasteiger partial charge in [0.05, 0.1) is 6.33 Å². The predicted octanol–water partition coefficient (Wildman–Crippen LogP) is 1.11. The van der Waals surface area contributed by atoms with E-state index < -0.39 is 0 Å². The molecule has 2 aromatic heterocycles. The fraction of sp³-hybridized carbons (Fsp3) is 0.400. The van der Waals surface area contributed by atoms with Crippen LogP contribution in [0.15, 0.2) is 17.6 Å². The van der Waals surface area contributed by atoms with Gasteiger partial charge in [0, 0.05) is 20.0 Å². The molecule has 3 heterocycles. The van der Waals surface area contributed by atoms with E-state index in [4.69, 9.17) is 0 Å². The van der Waals surface area contributed by atoms with Crippen LogP contribution in [0.5, 0.6) is 0 Å². The molecule has 3 rings (SSSR count). The smallest absolute Gasteiger partial charge is 0.183 e. The topological polar surface area (TPSA) is 70.1 Å². The van der Waals surface area contributed by atoms with Crippen LogP contribution in [0.1, 0.15) is 12.8 Å². The summed E-state index contributed by atoms with van der Waals surface area (Å²) in [5.74, 6) is 1.75. The highest BCUT2D eigenvalue weighted by Crippen LogP contribution is 2.20. The highest BCUT2D eigenvalue weighted by molar-refractivity contribution is 5.90. The maximum Gasteiger partial charge on any atom is 0.183 e. The van der Waals surface area contributed by atoms with Crippen molar-refractivity contribution in [3.8, 4) is 0 Å². The summed E-state index contributed by atoms with van der Waals surface area (Å²) in [4.78, 5) is 22.1. The van der Waals surface area contributed by atoms with Gasteiger partial charge >= 0.3 is 0 Å². The van der Waals surface area contributed by atoms with Crippen molar-refractivity contribution in [2.45, 2.75) is 12.8 Å². The molecule has 0 atom stereocenters. The summed E-state index contributed by atoms with van der Waals surface area (Å²) >= 11 is 0. The molecule has 0 unspecified atom stereocenters. The molecule has 1 fully saturated rings. The van der Waals surface area contributed by atoms with Crippen LogP contribution in [-0.2, 0) is 0 Å². The average molecular weight is 216 g/mol. The molecule has 6 heteroatoms. The number of imidazole rings is 1. The van der Waals surface area contributed by atoms with E-state index in [0.29, 0.717) is 11.5 Å². The summed E-state index contributed by atoms with van der Waals surface area (Å²) in [6.07, 6.45) is 5.28. The van der Waals surface area contributed by atoms with E-state index in [9.17, 15) is 0 Å². The molecule has 1 aliphatic heterocycles. The first kappa shape index (κ1) is 9.26. The van der Waals surface area contributed by atoms with Crippen LogP contribution >= 0.6 is 0 Å². The number of likely N-dealkylation sites (tertiary alicyclic amines) is 1. The molecule has 0 amide bonds. The quantitative estimate of drug-likeness (QED) is 0.775. The Balaban J connectivity index is 2.09. The van der Waals surface area contributed by atoms with E-state index in [0.717, 1.165) is 30.7 Å². The van der Waals surface area contributed by atoms with Crippen molar-refractivity contribution in [2.75, 3.05) is 13.6 Å². The zero-order chi connectivity index (χ0) is 11.0. The molecule has 0 bridgehead atoms. The number of amidine groups is 1. The SMILES string of the molecule is CN1CCCC1=Nc1ncnc2nc[nH]c12. The minimum Gasteiger partial charge on any atom is -0.363 e. The minimum absolute atomic E-state index is 0.662. The first-order chi connectivity index (χ1) is 7.84. The summed E-state index contributed by atoms with van der Waals surface area (Å²) in [5.41, 5.74) is 1.46. The predicted molar refractivity (Wildman–Crippen MR) is 60.6 cm³/mol. The number of aromatic amines is 1. The van der Waals surface area contributed by atoms with Crippen molar-refractivity contribution < 1.29 is 0 Å². The Morgan fingerprint density at radius 1 is 1.38 bits per heavy atom. The lowest BCUT2D eigenvalue weighted by Crippen LogP contribution is -2.18. The number of aliphatic imine (C=N–C) groups is 1. The highest BCUT2D eigenvalue weighted by atomic mass is 15.2. The molecule has 1 saturated heterocycles. The number of fused-ring (bicyclic) bond motifs is 1. The normalized spacial score (nSPS) is 18.8. The second-order valence-electron chi connectivity index (χ2n) is 3.85. The Bertz CT molecular complexity index is 543. The highest BCUT2D eigenvalue weighted by Gasteiger charge is 2.15. The Kier molecular flexibility index (Phi) is 2.05. The van der Waals surface area contributed by atoms with Crippen LogP contribution in [0.4, 0.5) is 5.82 Å². The summed E-state index contributed by atoms with van der Waals surface area (Å²) in [6.45, 7) is 1.07. The zero-order valence-corrected chi connectivity index (χ0v) is 9.01. The van der Waals surface area contributed by atoms with Crippen molar-refractivity contribution in [3.05, 3.63) is 12.7 Å². The van der Waals surface area contributed by atoms with Crippen LogP contribution in [0.3, 0.4) is 0 Å². The van der Waals surface area contributed by atoms with E-state index in [1.807, 2.05) is 0 Å². The van der Waals surface area contributed by atoms with Gasteiger partial charge in [0.1, 0.15) is 17.7 Å². The molecule has 0 aromatic carbocycles. The van der Waals surface area contributed by atoms with Crippen LogP contribution < -0.4 is 0 Å². The molecular formula is C10H12N6. The van der Waals surface area contributed by atoms with E-state index >= 15 is 0 Å². The number of hydrogen-bond donors (Lipinski definition) is 1. The summed E-state index contributed by atoms with van der Waals surface area (Å²) in [5, 5.41) is 0. The molecule has 0 radical (unpaired) electrons. The van der Waals surface area contributed by atoms with Crippen LogP contribution in [0.2, 0.25) is 0 Å². The van der Waals surface area contributed by atoms with Gasteiger partial charge in [-0.1, -0.05) is 0 Å². The van der Waals surface area contributed by atoms with Gasteiger partial charge in [0.25, 0.3) is 0 Å². The molecule has 0 spiro atoms. The molecule has 2 aromatic rings. The Hall–Kier alpha value is -1.98. The van der Waals surface area contributed by atoms with Gasteiger partial charge in [-0.15, -0.1) is 0 Å². The first-order valence-corrected chi connectivity index (χ1v) is 5.27. The molecule has 6 nitrogen and oxygen atoms in total. The Labute approximate surface area is 92.5 Å². The molecule has 1 aliphatic rings. The summed E-state index contributed by atoms with van der Waals surface area (Å²) in [6, 6.07) is 0. The molecule has 82 valence electrons. The van der Waals surface area contributed by atoms with Crippen molar-refractivity contribution in [1.82, 2.24) is 24.8 Å². The summed E-state index contributed by atoms with van der Waals surface area (Å²) in [7, 11) is 2.05. The zero-order valence-electron chi connectivity index (χ0n) is 9.01. The molecular weight excluding hydrogens is 204 g/mol. The molecule has 0 saturated carbocycles. The van der Waals surface area contributed by atoms with Gasteiger partial charge in [0.15, 0.2) is 11.5 Å². The van der Waals surface area contributed by atoms with Crippen LogP contribution in [0.25, 0.3) is 11.2 Å². The number of H-pyrrole nitrogens is 1. The lowest BCUT2D eigenvalue weighted by Gasteiger charge is -2.10.